The number of para-hydroxylation sites is 1. The van der Waals surface area contributed by atoms with Crippen LogP contribution in [0, 0.1) is 0 Å². The van der Waals surface area contributed by atoms with Crippen LogP contribution in [-0.2, 0) is 16.8 Å². The Kier molecular flexibility index (Phi) is 2.16. The number of aromatic nitrogens is 1. The van der Waals surface area contributed by atoms with Crippen LogP contribution in [-0.4, -0.2) is 13.7 Å². The first kappa shape index (κ1) is 8.47. The highest BCUT2D eigenvalue weighted by Crippen LogP contribution is 2.17. The molecular formula is C9H9NO2S. The molecule has 0 radical (unpaired) electrons. The molecular weight excluding hydrogens is 186 g/mol. The van der Waals surface area contributed by atoms with Crippen LogP contribution in [0.4, 0.5) is 0 Å². The van der Waals surface area contributed by atoms with E-state index < -0.39 is 11.1 Å². The molecule has 0 aliphatic rings. The van der Waals surface area contributed by atoms with E-state index in [1.807, 2.05) is 30.5 Å². The number of hydrogen-bond acceptors (Lipinski definition) is 1. The van der Waals surface area contributed by atoms with Crippen molar-refractivity contribution in [2.75, 3.05) is 0 Å². The van der Waals surface area contributed by atoms with Gasteiger partial charge in [0.2, 0.25) is 0 Å². The molecule has 1 unspecified atom stereocenters. The number of fused-ring (bicyclic) bond motifs is 1. The molecule has 2 rings (SSSR count). The number of aromatic amines is 1. The van der Waals surface area contributed by atoms with Crippen molar-refractivity contribution in [3.63, 3.8) is 0 Å². The summed E-state index contributed by atoms with van der Waals surface area (Å²) in [6.45, 7) is 0. The molecule has 3 nitrogen and oxygen atoms in total. The molecule has 0 saturated carbocycles. The standard InChI is InChI=1S/C9H9NO2S/c11-13(12)6-8-3-1-2-7-4-5-10-9(7)8/h1-5,10H,6H2,(H,11,12). The number of rotatable bonds is 2. The molecule has 1 heterocycles. The maximum atomic E-state index is 10.6. The average Bonchev–Trinajstić information content (AvgIpc) is 2.51. The van der Waals surface area contributed by atoms with Crippen LogP contribution in [0.2, 0.25) is 0 Å². The van der Waals surface area contributed by atoms with Gasteiger partial charge < -0.3 is 9.54 Å². The SMILES string of the molecule is O=S(O)Cc1cccc2cc[nH]c12. The Bertz CT molecular complexity index is 450. The fraction of sp³-hybridized carbons (Fsp3) is 0.111. The first-order valence-corrected chi connectivity index (χ1v) is 5.17. The highest BCUT2D eigenvalue weighted by molar-refractivity contribution is 7.78. The van der Waals surface area contributed by atoms with E-state index in [4.69, 9.17) is 4.55 Å². The van der Waals surface area contributed by atoms with Gasteiger partial charge in [-0.3, -0.25) is 0 Å². The van der Waals surface area contributed by atoms with Gasteiger partial charge in [-0.1, -0.05) is 18.2 Å². The third kappa shape index (κ3) is 1.64. The Morgan fingerprint density at radius 2 is 2.23 bits per heavy atom. The molecule has 13 heavy (non-hydrogen) atoms. The molecule has 1 atom stereocenters. The molecule has 2 aromatic rings. The molecule has 68 valence electrons. The van der Waals surface area contributed by atoms with Gasteiger partial charge in [0.05, 0.1) is 5.75 Å². The molecule has 2 N–H and O–H groups in total. The van der Waals surface area contributed by atoms with Gasteiger partial charge in [0.15, 0.2) is 11.1 Å². The molecule has 4 heteroatoms. The monoisotopic (exact) mass is 195 g/mol. The Labute approximate surface area is 78.1 Å². The number of hydrogen-bond donors (Lipinski definition) is 2. The van der Waals surface area contributed by atoms with Gasteiger partial charge in [-0.25, -0.2) is 4.21 Å². The van der Waals surface area contributed by atoms with E-state index in [2.05, 4.69) is 4.98 Å². The summed E-state index contributed by atoms with van der Waals surface area (Å²) in [5.74, 6) is 0.178. The van der Waals surface area contributed by atoms with E-state index in [1.165, 1.54) is 0 Å². The second kappa shape index (κ2) is 3.32. The van der Waals surface area contributed by atoms with E-state index in [1.54, 1.807) is 0 Å². The Morgan fingerprint density at radius 1 is 1.38 bits per heavy atom. The molecule has 0 spiro atoms. The van der Waals surface area contributed by atoms with Crippen LogP contribution in [0.15, 0.2) is 30.5 Å². The molecule has 0 saturated heterocycles. The largest absolute Gasteiger partial charge is 0.361 e. The number of nitrogens with one attached hydrogen (secondary N) is 1. The second-order valence-corrected chi connectivity index (χ2v) is 3.76. The smallest absolute Gasteiger partial charge is 0.157 e. The zero-order chi connectivity index (χ0) is 9.26. The maximum Gasteiger partial charge on any atom is 0.157 e. The van der Waals surface area contributed by atoms with E-state index >= 15 is 0 Å². The lowest BCUT2D eigenvalue weighted by Crippen LogP contribution is -1.93. The van der Waals surface area contributed by atoms with Crippen LogP contribution in [0.25, 0.3) is 10.9 Å². The fourth-order valence-electron chi connectivity index (χ4n) is 1.40. The van der Waals surface area contributed by atoms with Gasteiger partial charge in [0, 0.05) is 11.7 Å². The van der Waals surface area contributed by atoms with Crippen molar-refractivity contribution < 1.29 is 8.76 Å². The summed E-state index contributed by atoms with van der Waals surface area (Å²) in [4.78, 5) is 3.05. The van der Waals surface area contributed by atoms with Crippen molar-refractivity contribution in [2.24, 2.45) is 0 Å². The first-order valence-electron chi connectivity index (χ1n) is 3.90. The summed E-state index contributed by atoms with van der Waals surface area (Å²) >= 11 is -1.78. The summed E-state index contributed by atoms with van der Waals surface area (Å²) in [7, 11) is 0. The van der Waals surface area contributed by atoms with Crippen molar-refractivity contribution in [3.05, 3.63) is 36.0 Å². The van der Waals surface area contributed by atoms with Crippen LogP contribution in [0.3, 0.4) is 0 Å². The molecule has 0 amide bonds. The quantitative estimate of drug-likeness (QED) is 0.719. The van der Waals surface area contributed by atoms with Crippen LogP contribution < -0.4 is 0 Å². The lowest BCUT2D eigenvalue weighted by Gasteiger charge is -1.98. The van der Waals surface area contributed by atoms with E-state index in [0.717, 1.165) is 16.5 Å². The lowest BCUT2D eigenvalue weighted by atomic mass is 10.2. The summed E-state index contributed by atoms with van der Waals surface area (Å²) in [5.41, 5.74) is 1.83. The zero-order valence-corrected chi connectivity index (χ0v) is 7.67. The summed E-state index contributed by atoms with van der Waals surface area (Å²) in [6.07, 6.45) is 1.83. The van der Waals surface area contributed by atoms with Crippen molar-refractivity contribution >= 4 is 22.0 Å². The lowest BCUT2D eigenvalue weighted by molar-refractivity contribution is 0.563. The second-order valence-electron chi connectivity index (χ2n) is 2.82. The Balaban J connectivity index is 2.54. The van der Waals surface area contributed by atoms with E-state index in [0.29, 0.717) is 0 Å². The average molecular weight is 195 g/mol. The Hall–Kier alpha value is -1.13. The third-order valence-electron chi connectivity index (χ3n) is 1.95. The molecule has 1 aromatic heterocycles. The summed E-state index contributed by atoms with van der Waals surface area (Å²) < 4.78 is 19.4. The van der Waals surface area contributed by atoms with Crippen LogP contribution in [0.1, 0.15) is 5.56 Å². The number of benzene rings is 1. The summed E-state index contributed by atoms with van der Waals surface area (Å²) in [6, 6.07) is 7.65. The zero-order valence-electron chi connectivity index (χ0n) is 6.86. The van der Waals surface area contributed by atoms with E-state index in [-0.39, 0.29) is 5.75 Å². The fourth-order valence-corrected chi connectivity index (χ4v) is 1.91. The minimum absolute atomic E-state index is 0.178. The third-order valence-corrected chi connectivity index (χ3v) is 2.51. The maximum absolute atomic E-state index is 10.6. The number of H-pyrrole nitrogens is 1. The van der Waals surface area contributed by atoms with Gasteiger partial charge in [0.1, 0.15) is 0 Å². The van der Waals surface area contributed by atoms with Crippen LogP contribution >= 0.6 is 0 Å². The predicted molar refractivity (Wildman–Crippen MR) is 52.8 cm³/mol. The van der Waals surface area contributed by atoms with Gasteiger partial charge in [0.25, 0.3) is 0 Å². The normalized spacial score (nSPS) is 13.3. The van der Waals surface area contributed by atoms with Gasteiger partial charge in [-0.2, -0.15) is 0 Å². The topological polar surface area (TPSA) is 53.1 Å². The minimum Gasteiger partial charge on any atom is -0.361 e. The van der Waals surface area contributed by atoms with Crippen molar-refractivity contribution in [1.82, 2.24) is 4.98 Å². The van der Waals surface area contributed by atoms with Crippen molar-refractivity contribution in [1.29, 1.82) is 0 Å². The van der Waals surface area contributed by atoms with E-state index in [9.17, 15) is 4.21 Å². The first-order chi connectivity index (χ1) is 6.27. The van der Waals surface area contributed by atoms with Crippen molar-refractivity contribution in [2.45, 2.75) is 5.75 Å². The molecule has 0 aliphatic heterocycles. The van der Waals surface area contributed by atoms with Crippen LogP contribution in [0.5, 0.6) is 0 Å². The van der Waals surface area contributed by atoms with Gasteiger partial charge >= 0.3 is 0 Å². The molecule has 0 bridgehead atoms. The predicted octanol–water partition coefficient (Wildman–Crippen LogP) is 1.89. The Morgan fingerprint density at radius 3 is 3.00 bits per heavy atom. The van der Waals surface area contributed by atoms with Crippen molar-refractivity contribution in [3.8, 4) is 0 Å². The molecule has 1 aromatic carbocycles. The van der Waals surface area contributed by atoms with Gasteiger partial charge in [-0.15, -0.1) is 0 Å². The molecule has 0 fully saturated rings. The highest BCUT2D eigenvalue weighted by atomic mass is 32.2. The minimum atomic E-state index is -1.78. The van der Waals surface area contributed by atoms with Gasteiger partial charge in [-0.05, 0) is 17.0 Å². The highest BCUT2D eigenvalue weighted by Gasteiger charge is 2.03. The summed E-state index contributed by atoms with van der Waals surface area (Å²) in [5, 5.41) is 1.07. The molecule has 0 aliphatic carbocycles.